The molecule has 1 N–H and O–H groups in total. The second kappa shape index (κ2) is 7.44. The summed E-state index contributed by atoms with van der Waals surface area (Å²) in [5, 5.41) is 6.99. The maximum atomic E-state index is 13.1. The third-order valence-corrected chi connectivity index (χ3v) is 5.28. The van der Waals surface area contributed by atoms with Crippen molar-refractivity contribution in [2.45, 2.75) is 11.1 Å². The fourth-order valence-electron chi connectivity index (χ4n) is 2.32. The molecule has 1 heterocycles. The monoisotopic (exact) mass is 448 g/mol. The fourth-order valence-corrected chi connectivity index (χ4v) is 3.76. The standard InChI is InChI=1S/C16H9ClF4N4O3S/c17-11-7-9(18)5-6-13(11)25-8-12(22-24-25)15(26)23-29(27,28)14-4-2-1-3-10(14)16(19,20)21/h1-8H,(H,23,26). The van der Waals surface area contributed by atoms with E-state index >= 15 is 0 Å². The van der Waals surface area contributed by atoms with Gasteiger partial charge in [0.15, 0.2) is 5.69 Å². The number of rotatable bonds is 4. The van der Waals surface area contributed by atoms with Crippen LogP contribution in [0.25, 0.3) is 5.69 Å². The molecule has 3 aromatic rings. The van der Waals surface area contributed by atoms with Crippen LogP contribution in [0.3, 0.4) is 0 Å². The molecular formula is C16H9ClF4N4O3S. The molecular weight excluding hydrogens is 440 g/mol. The van der Waals surface area contributed by atoms with Gasteiger partial charge in [-0.15, -0.1) is 5.10 Å². The summed E-state index contributed by atoms with van der Waals surface area (Å²) in [6.07, 6.45) is -3.96. The van der Waals surface area contributed by atoms with Crippen LogP contribution >= 0.6 is 11.6 Å². The Kier molecular flexibility index (Phi) is 5.32. The number of sulfonamides is 1. The zero-order valence-corrected chi connectivity index (χ0v) is 15.6. The first-order chi connectivity index (χ1) is 13.5. The molecule has 0 fully saturated rings. The van der Waals surface area contributed by atoms with Gasteiger partial charge in [0.25, 0.3) is 15.9 Å². The summed E-state index contributed by atoms with van der Waals surface area (Å²) in [7, 11) is -4.86. The van der Waals surface area contributed by atoms with Gasteiger partial charge in [-0.25, -0.2) is 22.2 Å². The molecule has 0 radical (unpaired) electrons. The van der Waals surface area contributed by atoms with Gasteiger partial charge in [0, 0.05) is 0 Å². The molecule has 0 bridgehead atoms. The molecule has 0 spiro atoms. The molecule has 0 saturated heterocycles. The maximum Gasteiger partial charge on any atom is 0.417 e. The highest BCUT2D eigenvalue weighted by Crippen LogP contribution is 2.33. The van der Waals surface area contributed by atoms with E-state index in [1.807, 2.05) is 0 Å². The molecule has 152 valence electrons. The van der Waals surface area contributed by atoms with Gasteiger partial charge in [0.05, 0.1) is 27.4 Å². The minimum Gasteiger partial charge on any atom is -0.266 e. The van der Waals surface area contributed by atoms with E-state index in [0.29, 0.717) is 12.1 Å². The highest BCUT2D eigenvalue weighted by molar-refractivity contribution is 7.90. The number of benzene rings is 2. The number of alkyl halides is 3. The van der Waals surface area contributed by atoms with Gasteiger partial charge in [-0.05, 0) is 30.3 Å². The van der Waals surface area contributed by atoms with Gasteiger partial charge in [-0.3, -0.25) is 4.79 Å². The Hall–Kier alpha value is -2.99. The SMILES string of the molecule is O=C(NS(=O)(=O)c1ccccc1C(F)(F)F)c1cn(-c2ccc(F)cc2Cl)nn1. The van der Waals surface area contributed by atoms with Crippen molar-refractivity contribution in [3.8, 4) is 5.69 Å². The topological polar surface area (TPSA) is 94.0 Å². The minimum absolute atomic E-state index is 0.0615. The largest absolute Gasteiger partial charge is 0.417 e. The molecule has 1 amide bonds. The van der Waals surface area contributed by atoms with E-state index < -0.39 is 44.1 Å². The van der Waals surface area contributed by atoms with Gasteiger partial charge in [0.1, 0.15) is 5.82 Å². The lowest BCUT2D eigenvalue weighted by molar-refractivity contribution is -0.139. The van der Waals surface area contributed by atoms with Crippen LogP contribution in [0.4, 0.5) is 17.6 Å². The normalized spacial score (nSPS) is 12.0. The number of hydrogen-bond donors (Lipinski definition) is 1. The zero-order valence-electron chi connectivity index (χ0n) is 14.0. The molecule has 13 heteroatoms. The number of carbonyl (C=O) groups is 1. The summed E-state index contributed by atoms with van der Waals surface area (Å²) >= 11 is 5.87. The number of hydrogen-bond acceptors (Lipinski definition) is 5. The number of aromatic nitrogens is 3. The molecule has 0 unspecified atom stereocenters. The number of nitrogens with one attached hydrogen (secondary N) is 1. The second-order valence-corrected chi connectivity index (χ2v) is 7.63. The molecule has 0 saturated carbocycles. The van der Waals surface area contributed by atoms with Crippen LogP contribution in [-0.4, -0.2) is 29.3 Å². The first-order valence-corrected chi connectivity index (χ1v) is 9.46. The van der Waals surface area contributed by atoms with Crippen molar-refractivity contribution in [1.29, 1.82) is 0 Å². The lowest BCUT2D eigenvalue weighted by Crippen LogP contribution is -2.32. The first-order valence-electron chi connectivity index (χ1n) is 7.60. The average Bonchev–Trinajstić information content (AvgIpc) is 3.10. The van der Waals surface area contributed by atoms with Gasteiger partial charge >= 0.3 is 6.18 Å². The lowest BCUT2D eigenvalue weighted by Gasteiger charge is -2.13. The van der Waals surface area contributed by atoms with Crippen LogP contribution < -0.4 is 4.72 Å². The van der Waals surface area contributed by atoms with Gasteiger partial charge in [0.2, 0.25) is 0 Å². The molecule has 0 aliphatic rings. The minimum atomic E-state index is -4.95. The maximum absolute atomic E-state index is 13.1. The summed E-state index contributed by atoms with van der Waals surface area (Å²) in [6, 6.07) is 6.69. The summed E-state index contributed by atoms with van der Waals surface area (Å²) in [5.74, 6) is -1.93. The van der Waals surface area contributed by atoms with Crippen molar-refractivity contribution >= 4 is 27.5 Å². The van der Waals surface area contributed by atoms with Crippen LogP contribution in [-0.2, 0) is 16.2 Å². The predicted octanol–water partition coefficient (Wildman–Crippen LogP) is 3.20. The van der Waals surface area contributed by atoms with Crippen molar-refractivity contribution < 1.29 is 30.8 Å². The molecule has 7 nitrogen and oxygen atoms in total. The van der Waals surface area contributed by atoms with Gasteiger partial charge < -0.3 is 0 Å². The molecule has 1 aromatic heterocycles. The Morgan fingerprint density at radius 3 is 2.48 bits per heavy atom. The average molecular weight is 449 g/mol. The molecule has 0 atom stereocenters. The summed E-state index contributed by atoms with van der Waals surface area (Å²) < 4.78 is 79.4. The van der Waals surface area contributed by atoms with Crippen molar-refractivity contribution in [3.05, 3.63) is 70.8 Å². The third kappa shape index (κ3) is 4.38. The van der Waals surface area contributed by atoms with Crippen molar-refractivity contribution in [2.75, 3.05) is 0 Å². The van der Waals surface area contributed by atoms with Gasteiger partial charge in [-0.1, -0.05) is 28.9 Å². The number of carbonyl (C=O) groups excluding carboxylic acids is 1. The lowest BCUT2D eigenvalue weighted by atomic mass is 10.2. The predicted molar refractivity (Wildman–Crippen MR) is 92.4 cm³/mol. The Bertz CT molecular complexity index is 1190. The van der Waals surface area contributed by atoms with E-state index in [2.05, 4.69) is 10.3 Å². The van der Waals surface area contributed by atoms with Crippen LogP contribution in [0, 0.1) is 5.82 Å². The molecule has 0 aliphatic heterocycles. The smallest absolute Gasteiger partial charge is 0.266 e. The van der Waals surface area contributed by atoms with Crippen LogP contribution in [0.1, 0.15) is 16.1 Å². The quantitative estimate of drug-likeness (QED) is 0.619. The van der Waals surface area contributed by atoms with Crippen LogP contribution in [0.5, 0.6) is 0 Å². The summed E-state index contributed by atoms with van der Waals surface area (Å²) in [4.78, 5) is 11.1. The summed E-state index contributed by atoms with van der Waals surface area (Å²) in [6.45, 7) is 0. The van der Waals surface area contributed by atoms with Gasteiger partial charge in [-0.2, -0.15) is 13.2 Å². The first kappa shape index (κ1) is 20.7. The van der Waals surface area contributed by atoms with E-state index in [0.717, 1.165) is 35.1 Å². The van der Waals surface area contributed by atoms with Crippen LogP contribution in [0.2, 0.25) is 5.02 Å². The van der Waals surface area contributed by atoms with E-state index in [4.69, 9.17) is 11.6 Å². The van der Waals surface area contributed by atoms with Crippen molar-refractivity contribution in [3.63, 3.8) is 0 Å². The third-order valence-electron chi connectivity index (χ3n) is 3.59. The Morgan fingerprint density at radius 1 is 1.14 bits per heavy atom. The molecule has 29 heavy (non-hydrogen) atoms. The van der Waals surface area contributed by atoms with Crippen LogP contribution in [0.15, 0.2) is 53.6 Å². The Labute approximate surface area is 166 Å². The van der Waals surface area contributed by atoms with E-state index in [-0.39, 0.29) is 10.7 Å². The fraction of sp³-hybridized carbons (Fsp3) is 0.0625. The van der Waals surface area contributed by atoms with Crippen molar-refractivity contribution in [1.82, 2.24) is 19.7 Å². The number of nitrogens with zero attached hydrogens (tertiary/aromatic N) is 3. The summed E-state index contributed by atoms with van der Waals surface area (Å²) in [5.41, 5.74) is -1.80. The van der Waals surface area contributed by atoms with E-state index in [9.17, 15) is 30.8 Å². The zero-order chi connectivity index (χ0) is 21.4. The number of halogens is 5. The Morgan fingerprint density at radius 2 is 1.83 bits per heavy atom. The molecule has 0 aliphatic carbocycles. The highest BCUT2D eigenvalue weighted by atomic mass is 35.5. The molecule has 3 rings (SSSR count). The van der Waals surface area contributed by atoms with Crippen molar-refractivity contribution in [2.24, 2.45) is 0 Å². The highest BCUT2D eigenvalue weighted by Gasteiger charge is 2.37. The number of amides is 1. The molecule has 2 aromatic carbocycles. The van der Waals surface area contributed by atoms with E-state index in [1.54, 1.807) is 0 Å². The second-order valence-electron chi connectivity index (χ2n) is 5.57. The van der Waals surface area contributed by atoms with E-state index in [1.165, 1.54) is 10.8 Å². The Balaban J connectivity index is 1.89.